The Labute approximate surface area is 327 Å². The third-order valence-electron chi connectivity index (χ3n) is 11.2. The normalized spacial score (nSPS) is 11.4. The second-order valence-corrected chi connectivity index (χ2v) is 16.5. The first-order chi connectivity index (χ1) is 25.3. The van der Waals surface area contributed by atoms with Gasteiger partial charge in [0.2, 0.25) is 5.91 Å². The number of carbonyl (C=O) groups is 2. The Hall–Kier alpha value is -1.10. The van der Waals surface area contributed by atoms with Crippen molar-refractivity contribution < 1.29 is 19.2 Å². The lowest BCUT2D eigenvalue weighted by molar-refractivity contribution is -0.929. The number of carboxylic acid groups (broad SMARTS) is 1. The van der Waals surface area contributed by atoms with Crippen LogP contribution in [0.5, 0.6) is 0 Å². The van der Waals surface area contributed by atoms with Crippen LogP contribution in [0.4, 0.5) is 0 Å². The van der Waals surface area contributed by atoms with Crippen LogP contribution in [0, 0.1) is 0 Å². The molecule has 1 amide bonds. The van der Waals surface area contributed by atoms with Gasteiger partial charge in [-0.05, 0) is 57.8 Å². The minimum absolute atomic E-state index is 0.104. The predicted octanol–water partition coefficient (Wildman–Crippen LogP) is 13.4. The summed E-state index contributed by atoms with van der Waals surface area (Å²) < 4.78 is 1.48. The van der Waals surface area contributed by atoms with Crippen LogP contribution in [0.15, 0.2) is 0 Å². The van der Waals surface area contributed by atoms with Gasteiger partial charge in [-0.15, -0.1) is 0 Å². The molecule has 0 unspecified atom stereocenters. The Kier molecular flexibility index (Phi) is 43.5. The Morgan fingerprint density at radius 1 is 0.385 bits per heavy atom. The zero-order valence-electron chi connectivity index (χ0n) is 36.7. The molecule has 0 spiro atoms. The van der Waals surface area contributed by atoms with Crippen molar-refractivity contribution in [2.24, 2.45) is 0 Å². The molecule has 0 rings (SSSR count). The maximum Gasteiger partial charge on any atom is 0.222 e. The van der Waals surface area contributed by atoms with Gasteiger partial charge >= 0.3 is 0 Å². The molecule has 0 bridgehead atoms. The van der Waals surface area contributed by atoms with E-state index in [1.807, 2.05) is 0 Å². The van der Waals surface area contributed by atoms with Crippen molar-refractivity contribution in [2.75, 3.05) is 39.8 Å². The maximum atomic E-state index is 11.5. The molecule has 0 N–H and O–H groups in total. The molecule has 312 valence electrons. The van der Waals surface area contributed by atoms with Gasteiger partial charge in [-0.25, -0.2) is 0 Å². The smallest absolute Gasteiger partial charge is 0.222 e. The monoisotopic (exact) mass is 737 g/mol. The molecule has 5 nitrogen and oxygen atoms in total. The largest absolute Gasteiger partial charge is 0.548 e. The molecule has 0 aromatic carbocycles. The van der Waals surface area contributed by atoms with Gasteiger partial charge in [-0.3, -0.25) is 4.79 Å². The zero-order chi connectivity index (χ0) is 38.8. The average molecular weight is 737 g/mol. The maximum absolute atomic E-state index is 11.5. The van der Waals surface area contributed by atoms with E-state index in [-0.39, 0.29) is 12.5 Å². The number of nitrogens with zero attached hydrogens (tertiary/aromatic N) is 2. The topological polar surface area (TPSA) is 60.4 Å². The molecule has 52 heavy (non-hydrogen) atoms. The highest BCUT2D eigenvalue weighted by atomic mass is 16.4. The fourth-order valence-electron chi connectivity index (χ4n) is 7.64. The van der Waals surface area contributed by atoms with Gasteiger partial charge < -0.3 is 19.3 Å². The van der Waals surface area contributed by atoms with Crippen LogP contribution in [0.2, 0.25) is 0 Å². The van der Waals surface area contributed by atoms with Crippen molar-refractivity contribution in [3.8, 4) is 0 Å². The Balaban J connectivity index is 0. The molecule has 0 saturated heterocycles. The van der Waals surface area contributed by atoms with Gasteiger partial charge in [0.05, 0.1) is 38.7 Å². The number of unbranched alkanes of at least 4 members (excludes halogenated alkanes) is 28. The molecule has 0 aliphatic heterocycles. The number of quaternary nitrogens is 1. The van der Waals surface area contributed by atoms with Crippen LogP contribution >= 0.6 is 0 Å². The molecule has 0 saturated carbocycles. The van der Waals surface area contributed by atoms with E-state index in [0.29, 0.717) is 6.42 Å². The lowest BCUT2D eigenvalue weighted by atomic mass is 10.0. The molecular weight excluding hydrogens is 641 g/mol. The Bertz CT molecular complexity index is 658. The lowest BCUT2D eigenvalue weighted by Crippen LogP contribution is -2.50. The number of rotatable bonds is 40. The highest BCUT2D eigenvalue weighted by molar-refractivity contribution is 5.80. The standard InChI is InChI=1S/C32H68N.C15H29NO3/c1-5-9-13-17-21-25-29-33(30-26-22-18-14-10-6-2,31-27-23-19-15-11-7-3)32-28-24-20-16-12-8-4;1-3-4-5-6-7-8-9-10-11-12-14(17)16(2)13-15(18)19/h5-32H2,1-4H3;3-13H2,1-2H3,(H,18,19)/q+1;/p-1. The second-order valence-electron chi connectivity index (χ2n) is 16.5. The molecule has 0 fully saturated rings. The lowest BCUT2D eigenvalue weighted by Gasteiger charge is -2.40. The van der Waals surface area contributed by atoms with Crippen molar-refractivity contribution in [3.63, 3.8) is 0 Å². The van der Waals surface area contributed by atoms with Crippen molar-refractivity contribution in [1.29, 1.82) is 0 Å². The first kappa shape index (κ1) is 53.0. The molecule has 0 aromatic heterocycles. The first-order valence-corrected chi connectivity index (χ1v) is 23.6. The Morgan fingerprint density at radius 3 is 0.865 bits per heavy atom. The molecule has 0 aliphatic rings. The number of hydrogen-bond donors (Lipinski definition) is 0. The van der Waals surface area contributed by atoms with Gasteiger partial charge in [0.25, 0.3) is 0 Å². The fourth-order valence-corrected chi connectivity index (χ4v) is 7.64. The summed E-state index contributed by atoms with van der Waals surface area (Å²) in [6.45, 7) is 17.2. The summed E-state index contributed by atoms with van der Waals surface area (Å²) in [6.07, 6.45) is 46.1. The van der Waals surface area contributed by atoms with E-state index in [4.69, 9.17) is 0 Å². The van der Waals surface area contributed by atoms with Gasteiger partial charge in [0, 0.05) is 13.5 Å². The molecule has 0 atom stereocenters. The van der Waals surface area contributed by atoms with Crippen LogP contribution in [0.1, 0.15) is 253 Å². The van der Waals surface area contributed by atoms with E-state index in [1.165, 1.54) is 242 Å². The molecule has 0 aromatic rings. The van der Waals surface area contributed by atoms with Crippen molar-refractivity contribution in [3.05, 3.63) is 0 Å². The quantitative estimate of drug-likeness (QED) is 0.0465. The third-order valence-corrected chi connectivity index (χ3v) is 11.2. The van der Waals surface area contributed by atoms with E-state index in [1.54, 1.807) is 0 Å². The summed E-state index contributed by atoms with van der Waals surface area (Å²) >= 11 is 0. The number of carboxylic acids is 1. The number of amides is 1. The van der Waals surface area contributed by atoms with Crippen LogP contribution in [0.3, 0.4) is 0 Å². The summed E-state index contributed by atoms with van der Waals surface area (Å²) in [4.78, 5) is 23.1. The van der Waals surface area contributed by atoms with Crippen LogP contribution in [0.25, 0.3) is 0 Å². The summed E-state index contributed by atoms with van der Waals surface area (Å²) in [5, 5.41) is 10.3. The van der Waals surface area contributed by atoms with E-state index in [2.05, 4.69) is 34.6 Å². The van der Waals surface area contributed by atoms with Gasteiger partial charge in [-0.1, -0.05) is 189 Å². The molecular formula is C47H96N2O3. The fraction of sp³-hybridized carbons (Fsp3) is 0.957. The third kappa shape index (κ3) is 38.6. The molecule has 0 radical (unpaired) electrons. The summed E-state index contributed by atoms with van der Waals surface area (Å²) in [5.41, 5.74) is 0. The SMILES string of the molecule is CCCCCCCCCCCC(=O)N(C)CC(=O)[O-].CCCCCCCC[N+](CCCCCCCC)(CCCCCCCC)CCCCCCCC. The van der Waals surface area contributed by atoms with Crippen molar-refractivity contribution in [2.45, 2.75) is 253 Å². The number of likely N-dealkylation sites (N-methyl/N-ethyl adjacent to an activating group) is 1. The zero-order valence-corrected chi connectivity index (χ0v) is 36.7. The average Bonchev–Trinajstić information content (AvgIpc) is 3.13. The van der Waals surface area contributed by atoms with E-state index < -0.39 is 5.97 Å². The minimum atomic E-state index is -1.21. The second kappa shape index (κ2) is 42.6. The van der Waals surface area contributed by atoms with E-state index in [9.17, 15) is 14.7 Å². The predicted molar refractivity (Wildman–Crippen MR) is 228 cm³/mol. The molecule has 0 heterocycles. The number of carbonyl (C=O) groups excluding carboxylic acids is 2. The Morgan fingerprint density at radius 2 is 0.615 bits per heavy atom. The highest BCUT2D eigenvalue weighted by Gasteiger charge is 2.25. The summed E-state index contributed by atoms with van der Waals surface area (Å²) in [5.74, 6) is -1.31. The first-order valence-electron chi connectivity index (χ1n) is 23.6. The van der Waals surface area contributed by atoms with Crippen molar-refractivity contribution >= 4 is 11.9 Å². The summed E-state index contributed by atoms with van der Waals surface area (Å²) in [7, 11) is 1.51. The number of aliphatic carboxylic acids is 1. The van der Waals surface area contributed by atoms with Gasteiger partial charge in [-0.2, -0.15) is 0 Å². The highest BCUT2D eigenvalue weighted by Crippen LogP contribution is 2.21. The van der Waals surface area contributed by atoms with Crippen LogP contribution < -0.4 is 5.11 Å². The minimum Gasteiger partial charge on any atom is -0.548 e. The van der Waals surface area contributed by atoms with Gasteiger partial charge in [0.15, 0.2) is 0 Å². The van der Waals surface area contributed by atoms with E-state index >= 15 is 0 Å². The van der Waals surface area contributed by atoms with E-state index in [0.717, 1.165) is 12.8 Å². The van der Waals surface area contributed by atoms with Crippen LogP contribution in [-0.4, -0.2) is 61.0 Å². The summed E-state index contributed by atoms with van der Waals surface area (Å²) in [6, 6.07) is 0. The molecule has 5 heteroatoms. The number of hydrogen-bond acceptors (Lipinski definition) is 3. The van der Waals surface area contributed by atoms with Crippen molar-refractivity contribution in [1.82, 2.24) is 4.90 Å². The van der Waals surface area contributed by atoms with Crippen LogP contribution in [-0.2, 0) is 9.59 Å². The molecule has 0 aliphatic carbocycles. The van der Waals surface area contributed by atoms with Gasteiger partial charge in [0.1, 0.15) is 0 Å².